The van der Waals surface area contributed by atoms with Crippen molar-refractivity contribution in [3.63, 3.8) is 0 Å². The highest BCUT2D eigenvalue weighted by molar-refractivity contribution is 6.08. The Morgan fingerprint density at radius 1 is 0.955 bits per heavy atom. The minimum absolute atomic E-state index is 0.236. The first-order valence-corrected chi connectivity index (χ1v) is 6.87. The van der Waals surface area contributed by atoms with Crippen molar-refractivity contribution < 1.29 is 14.3 Å². The van der Waals surface area contributed by atoms with Crippen LogP contribution in [0.5, 0.6) is 5.75 Å². The molecule has 2 amide bonds. The van der Waals surface area contributed by atoms with Crippen LogP contribution in [0.4, 0.5) is 11.4 Å². The minimum atomic E-state index is -0.365. The van der Waals surface area contributed by atoms with Gasteiger partial charge < -0.3 is 15.4 Å². The van der Waals surface area contributed by atoms with Crippen LogP contribution < -0.4 is 15.4 Å². The van der Waals surface area contributed by atoms with Crippen molar-refractivity contribution >= 4 is 23.2 Å². The van der Waals surface area contributed by atoms with E-state index in [1.54, 1.807) is 37.4 Å². The highest BCUT2D eigenvalue weighted by atomic mass is 16.5. The lowest BCUT2D eigenvalue weighted by Crippen LogP contribution is -2.21. The molecule has 114 valence electrons. The molecule has 0 unspecified atom stereocenters. The summed E-state index contributed by atoms with van der Waals surface area (Å²) in [4.78, 5) is 23.7. The number of methoxy groups -OCH3 is 1. The maximum Gasteiger partial charge on any atom is 0.233 e. The summed E-state index contributed by atoms with van der Waals surface area (Å²) >= 11 is 0. The van der Waals surface area contributed by atoms with Gasteiger partial charge in [-0.3, -0.25) is 9.59 Å². The standard InChI is InChI=1S/C17H18N2O3/c1-12-4-3-5-14(10-12)19-17(21)11-16(20)18-13-6-8-15(22-2)9-7-13/h3-10H,11H2,1-2H3,(H,18,20)(H,19,21). The predicted molar refractivity (Wildman–Crippen MR) is 86.0 cm³/mol. The van der Waals surface area contributed by atoms with E-state index in [9.17, 15) is 9.59 Å². The van der Waals surface area contributed by atoms with Gasteiger partial charge in [0, 0.05) is 11.4 Å². The molecule has 0 aromatic heterocycles. The average molecular weight is 298 g/mol. The molecular weight excluding hydrogens is 280 g/mol. The molecule has 5 nitrogen and oxygen atoms in total. The van der Waals surface area contributed by atoms with Gasteiger partial charge in [-0.25, -0.2) is 0 Å². The van der Waals surface area contributed by atoms with Gasteiger partial charge >= 0.3 is 0 Å². The molecule has 0 fully saturated rings. The van der Waals surface area contributed by atoms with Crippen molar-refractivity contribution in [1.82, 2.24) is 0 Å². The van der Waals surface area contributed by atoms with Gasteiger partial charge in [0.05, 0.1) is 7.11 Å². The summed E-state index contributed by atoms with van der Waals surface area (Å²) < 4.78 is 5.04. The summed E-state index contributed by atoms with van der Waals surface area (Å²) in [6.07, 6.45) is -0.236. The number of hydrogen-bond donors (Lipinski definition) is 2. The Balaban J connectivity index is 1.86. The molecule has 0 saturated carbocycles. The quantitative estimate of drug-likeness (QED) is 0.834. The molecule has 0 aliphatic heterocycles. The van der Waals surface area contributed by atoms with Gasteiger partial charge in [-0.05, 0) is 48.9 Å². The van der Waals surface area contributed by atoms with Crippen LogP contribution in [-0.4, -0.2) is 18.9 Å². The maximum absolute atomic E-state index is 11.8. The summed E-state index contributed by atoms with van der Waals surface area (Å²) in [5, 5.41) is 5.36. The van der Waals surface area contributed by atoms with Crippen LogP contribution in [0.3, 0.4) is 0 Å². The van der Waals surface area contributed by atoms with Gasteiger partial charge in [0.2, 0.25) is 11.8 Å². The summed E-state index contributed by atoms with van der Waals surface area (Å²) in [7, 11) is 1.57. The SMILES string of the molecule is COc1ccc(NC(=O)CC(=O)Nc2cccc(C)c2)cc1. The van der Waals surface area contributed by atoms with E-state index in [4.69, 9.17) is 4.74 Å². The van der Waals surface area contributed by atoms with E-state index < -0.39 is 0 Å². The number of anilines is 2. The van der Waals surface area contributed by atoms with E-state index >= 15 is 0 Å². The molecule has 0 aliphatic carbocycles. The van der Waals surface area contributed by atoms with Crippen molar-refractivity contribution in [2.75, 3.05) is 17.7 Å². The Morgan fingerprint density at radius 2 is 1.59 bits per heavy atom. The Morgan fingerprint density at radius 3 is 2.18 bits per heavy atom. The second kappa shape index (κ2) is 7.26. The summed E-state index contributed by atoms with van der Waals surface area (Å²) in [6, 6.07) is 14.3. The lowest BCUT2D eigenvalue weighted by molar-refractivity contribution is -0.123. The molecule has 22 heavy (non-hydrogen) atoms. The summed E-state index contributed by atoms with van der Waals surface area (Å²) in [5.41, 5.74) is 2.34. The number of amides is 2. The normalized spacial score (nSPS) is 9.91. The van der Waals surface area contributed by atoms with Crippen LogP contribution in [-0.2, 0) is 9.59 Å². The van der Waals surface area contributed by atoms with E-state index in [0.717, 1.165) is 5.56 Å². The fourth-order valence-electron chi connectivity index (χ4n) is 1.95. The van der Waals surface area contributed by atoms with Gasteiger partial charge in [0.1, 0.15) is 12.2 Å². The second-order valence-corrected chi connectivity index (χ2v) is 4.87. The van der Waals surface area contributed by atoms with Crippen molar-refractivity contribution in [1.29, 1.82) is 0 Å². The molecule has 0 heterocycles. The molecule has 0 saturated heterocycles. The smallest absolute Gasteiger partial charge is 0.233 e. The van der Waals surface area contributed by atoms with E-state index in [1.807, 2.05) is 25.1 Å². The van der Waals surface area contributed by atoms with Crippen LogP contribution in [0.2, 0.25) is 0 Å². The van der Waals surface area contributed by atoms with Gasteiger partial charge in [-0.15, -0.1) is 0 Å². The van der Waals surface area contributed by atoms with E-state index in [1.165, 1.54) is 0 Å². The third-order valence-electron chi connectivity index (χ3n) is 3.00. The van der Waals surface area contributed by atoms with E-state index in [0.29, 0.717) is 17.1 Å². The molecule has 0 spiro atoms. The number of hydrogen-bond acceptors (Lipinski definition) is 3. The highest BCUT2D eigenvalue weighted by Gasteiger charge is 2.10. The predicted octanol–water partition coefficient (Wildman–Crippen LogP) is 2.97. The molecule has 5 heteroatoms. The van der Waals surface area contributed by atoms with Crippen LogP contribution in [0.15, 0.2) is 48.5 Å². The Kier molecular flexibility index (Phi) is 5.14. The van der Waals surface area contributed by atoms with Crippen LogP contribution in [0.25, 0.3) is 0 Å². The number of benzene rings is 2. The average Bonchev–Trinajstić information content (AvgIpc) is 2.47. The lowest BCUT2D eigenvalue weighted by atomic mass is 10.2. The van der Waals surface area contributed by atoms with Crippen molar-refractivity contribution in [2.24, 2.45) is 0 Å². The lowest BCUT2D eigenvalue weighted by Gasteiger charge is -2.08. The fraction of sp³-hybridized carbons (Fsp3) is 0.176. The molecule has 2 aromatic carbocycles. The zero-order chi connectivity index (χ0) is 15.9. The molecule has 2 aromatic rings. The third kappa shape index (κ3) is 4.63. The molecule has 0 aliphatic rings. The topological polar surface area (TPSA) is 67.4 Å². The van der Waals surface area contributed by atoms with E-state index in [-0.39, 0.29) is 18.2 Å². The van der Waals surface area contributed by atoms with Crippen molar-refractivity contribution in [3.8, 4) is 5.75 Å². The first kappa shape index (κ1) is 15.6. The Hall–Kier alpha value is -2.82. The van der Waals surface area contributed by atoms with Gasteiger partial charge in [0.15, 0.2) is 0 Å². The number of carbonyl (C=O) groups is 2. The molecular formula is C17H18N2O3. The van der Waals surface area contributed by atoms with Crippen molar-refractivity contribution in [3.05, 3.63) is 54.1 Å². The highest BCUT2D eigenvalue weighted by Crippen LogP contribution is 2.15. The Bertz CT molecular complexity index is 666. The largest absolute Gasteiger partial charge is 0.497 e. The van der Waals surface area contributed by atoms with E-state index in [2.05, 4.69) is 10.6 Å². The van der Waals surface area contributed by atoms with Crippen LogP contribution in [0, 0.1) is 6.92 Å². The molecule has 0 bridgehead atoms. The Labute approximate surface area is 129 Å². The number of nitrogens with one attached hydrogen (secondary N) is 2. The maximum atomic E-state index is 11.8. The molecule has 2 N–H and O–H groups in total. The number of rotatable bonds is 5. The van der Waals surface area contributed by atoms with Crippen LogP contribution >= 0.6 is 0 Å². The van der Waals surface area contributed by atoms with Crippen molar-refractivity contribution in [2.45, 2.75) is 13.3 Å². The van der Waals surface area contributed by atoms with Gasteiger partial charge in [-0.2, -0.15) is 0 Å². The number of carbonyl (C=O) groups excluding carboxylic acids is 2. The van der Waals surface area contributed by atoms with Crippen LogP contribution in [0.1, 0.15) is 12.0 Å². The number of aryl methyl sites for hydroxylation is 1. The summed E-state index contributed by atoms with van der Waals surface area (Å²) in [5.74, 6) is -0.0119. The zero-order valence-electron chi connectivity index (χ0n) is 12.6. The minimum Gasteiger partial charge on any atom is -0.497 e. The fourth-order valence-corrected chi connectivity index (χ4v) is 1.95. The first-order chi connectivity index (χ1) is 10.6. The summed E-state index contributed by atoms with van der Waals surface area (Å²) in [6.45, 7) is 1.94. The number of ether oxygens (including phenoxy) is 1. The first-order valence-electron chi connectivity index (χ1n) is 6.87. The molecule has 0 radical (unpaired) electrons. The van der Waals surface area contributed by atoms with Gasteiger partial charge in [-0.1, -0.05) is 12.1 Å². The monoisotopic (exact) mass is 298 g/mol. The third-order valence-corrected chi connectivity index (χ3v) is 3.00. The second-order valence-electron chi connectivity index (χ2n) is 4.87. The molecule has 2 rings (SSSR count). The zero-order valence-corrected chi connectivity index (χ0v) is 12.6. The van der Waals surface area contributed by atoms with Gasteiger partial charge in [0.25, 0.3) is 0 Å². The molecule has 0 atom stereocenters.